The van der Waals surface area contributed by atoms with Gasteiger partial charge in [-0.2, -0.15) is 0 Å². The molecule has 0 spiro atoms. The zero-order chi connectivity index (χ0) is 18.1. The van der Waals surface area contributed by atoms with Crippen LogP contribution in [0.4, 0.5) is 4.39 Å². The minimum Gasteiger partial charge on any atom is -0.489 e. The van der Waals surface area contributed by atoms with Crippen LogP contribution in [0.5, 0.6) is 5.75 Å². The maximum absolute atomic E-state index is 13.8. The van der Waals surface area contributed by atoms with E-state index >= 15 is 0 Å². The minimum atomic E-state index is -0.233. The Labute approximate surface area is 153 Å². The van der Waals surface area contributed by atoms with Crippen LogP contribution in [-0.4, -0.2) is 0 Å². The van der Waals surface area contributed by atoms with Crippen molar-refractivity contribution in [1.29, 1.82) is 0 Å². The number of aryl methyl sites for hydroxylation is 1. The van der Waals surface area contributed by atoms with Gasteiger partial charge in [0.15, 0.2) is 0 Å². The fourth-order valence-corrected chi connectivity index (χ4v) is 3.64. The topological polar surface area (TPSA) is 9.23 Å². The summed E-state index contributed by atoms with van der Waals surface area (Å²) in [5.41, 5.74) is 7.73. The molecule has 0 radical (unpaired) electrons. The molecular formula is C24H21FO. The molecule has 1 aliphatic carbocycles. The Morgan fingerprint density at radius 2 is 1.81 bits per heavy atom. The van der Waals surface area contributed by atoms with Crippen LogP contribution in [0.3, 0.4) is 0 Å². The average molecular weight is 344 g/mol. The summed E-state index contributed by atoms with van der Waals surface area (Å²) in [6, 6.07) is 17.6. The van der Waals surface area contributed by atoms with E-state index in [1.165, 1.54) is 22.8 Å². The molecule has 0 heterocycles. The molecule has 2 heteroatoms. The molecule has 0 unspecified atom stereocenters. The monoisotopic (exact) mass is 344 g/mol. The predicted molar refractivity (Wildman–Crippen MR) is 105 cm³/mol. The summed E-state index contributed by atoms with van der Waals surface area (Å²) in [5, 5.41) is 0. The molecule has 0 aromatic heterocycles. The van der Waals surface area contributed by atoms with Crippen LogP contribution >= 0.6 is 0 Å². The normalized spacial score (nSPS) is 12.2. The highest BCUT2D eigenvalue weighted by Crippen LogP contribution is 2.42. The molecule has 3 aromatic carbocycles. The summed E-state index contributed by atoms with van der Waals surface area (Å²) in [6.07, 6.45) is 3.63. The number of fused-ring (bicyclic) bond motifs is 1. The van der Waals surface area contributed by atoms with Gasteiger partial charge < -0.3 is 4.74 Å². The first-order valence-corrected chi connectivity index (χ1v) is 8.92. The van der Waals surface area contributed by atoms with E-state index in [0.717, 1.165) is 35.3 Å². The Bertz CT molecular complexity index is 973. The van der Waals surface area contributed by atoms with Gasteiger partial charge in [-0.15, -0.1) is 0 Å². The van der Waals surface area contributed by atoms with Gasteiger partial charge in [0.1, 0.15) is 18.2 Å². The molecule has 0 atom stereocenters. The van der Waals surface area contributed by atoms with Gasteiger partial charge in [0.05, 0.1) is 0 Å². The third kappa shape index (κ3) is 2.92. The largest absolute Gasteiger partial charge is 0.489 e. The van der Waals surface area contributed by atoms with Crippen molar-refractivity contribution in [1.82, 2.24) is 0 Å². The van der Waals surface area contributed by atoms with E-state index in [0.29, 0.717) is 12.2 Å². The molecule has 1 nitrogen and oxygen atoms in total. The van der Waals surface area contributed by atoms with E-state index in [9.17, 15) is 4.39 Å². The van der Waals surface area contributed by atoms with Crippen LogP contribution < -0.4 is 4.74 Å². The summed E-state index contributed by atoms with van der Waals surface area (Å²) < 4.78 is 19.9. The fourth-order valence-electron chi connectivity index (χ4n) is 3.64. The lowest BCUT2D eigenvalue weighted by atomic mass is 9.79. The maximum atomic E-state index is 13.8. The first-order valence-electron chi connectivity index (χ1n) is 8.92. The van der Waals surface area contributed by atoms with Gasteiger partial charge in [-0.1, -0.05) is 49.1 Å². The molecular weight excluding hydrogens is 323 g/mol. The Hall–Kier alpha value is -2.87. The first kappa shape index (κ1) is 16.6. The maximum Gasteiger partial charge on any atom is 0.130 e. The van der Waals surface area contributed by atoms with Crippen molar-refractivity contribution < 1.29 is 9.13 Å². The van der Waals surface area contributed by atoms with Crippen LogP contribution in [0.1, 0.15) is 27.8 Å². The smallest absolute Gasteiger partial charge is 0.130 e. The summed E-state index contributed by atoms with van der Waals surface area (Å²) in [7, 11) is 0. The highest BCUT2D eigenvalue weighted by molar-refractivity contribution is 5.77. The van der Waals surface area contributed by atoms with Crippen molar-refractivity contribution in [2.24, 2.45) is 0 Å². The predicted octanol–water partition coefficient (Wildman–Crippen LogP) is 6.12. The highest BCUT2D eigenvalue weighted by atomic mass is 19.1. The number of rotatable bonds is 5. The molecule has 0 saturated heterocycles. The van der Waals surface area contributed by atoms with Crippen LogP contribution in [0.25, 0.3) is 17.2 Å². The number of benzene rings is 3. The van der Waals surface area contributed by atoms with Gasteiger partial charge in [0, 0.05) is 5.56 Å². The van der Waals surface area contributed by atoms with Gasteiger partial charge in [-0.05, 0) is 71.3 Å². The summed E-state index contributed by atoms with van der Waals surface area (Å²) in [6.45, 7) is 6.38. The van der Waals surface area contributed by atoms with Gasteiger partial charge in [-0.25, -0.2) is 4.39 Å². The lowest BCUT2D eigenvalue weighted by Gasteiger charge is -2.28. The van der Waals surface area contributed by atoms with E-state index in [1.54, 1.807) is 6.08 Å². The molecule has 1 aliphatic rings. The second kappa shape index (κ2) is 6.80. The third-order valence-corrected chi connectivity index (χ3v) is 5.07. The van der Waals surface area contributed by atoms with Crippen molar-refractivity contribution in [2.75, 3.05) is 0 Å². The average Bonchev–Trinajstić information content (AvgIpc) is 2.63. The van der Waals surface area contributed by atoms with E-state index in [2.05, 4.69) is 31.7 Å². The van der Waals surface area contributed by atoms with E-state index in [1.807, 2.05) is 30.3 Å². The SMILES string of the molecule is C=Cc1cc(-c2c(C)cc(OCc3ccccc3)c3c2CC3)ccc1F. The highest BCUT2D eigenvalue weighted by Gasteiger charge is 2.25. The van der Waals surface area contributed by atoms with E-state index in [-0.39, 0.29) is 5.82 Å². The van der Waals surface area contributed by atoms with Gasteiger partial charge >= 0.3 is 0 Å². The van der Waals surface area contributed by atoms with Gasteiger partial charge in [0.25, 0.3) is 0 Å². The molecule has 0 aliphatic heterocycles. The Morgan fingerprint density at radius 3 is 2.50 bits per heavy atom. The molecule has 0 saturated carbocycles. The molecule has 0 amide bonds. The van der Waals surface area contributed by atoms with E-state index < -0.39 is 0 Å². The Kier molecular flexibility index (Phi) is 4.34. The first-order chi connectivity index (χ1) is 12.7. The third-order valence-electron chi connectivity index (χ3n) is 5.07. The van der Waals surface area contributed by atoms with Crippen LogP contribution in [0.2, 0.25) is 0 Å². The zero-order valence-corrected chi connectivity index (χ0v) is 14.9. The molecule has 4 rings (SSSR count). The second-order valence-electron chi connectivity index (χ2n) is 6.74. The molecule has 26 heavy (non-hydrogen) atoms. The Balaban J connectivity index is 1.69. The molecule has 0 bridgehead atoms. The van der Waals surface area contributed by atoms with Crippen molar-refractivity contribution in [2.45, 2.75) is 26.4 Å². The number of hydrogen-bond donors (Lipinski definition) is 0. The van der Waals surface area contributed by atoms with Gasteiger partial charge in [-0.3, -0.25) is 0 Å². The second-order valence-corrected chi connectivity index (χ2v) is 6.74. The van der Waals surface area contributed by atoms with E-state index in [4.69, 9.17) is 4.74 Å². The number of hydrogen-bond acceptors (Lipinski definition) is 1. The summed E-state index contributed by atoms with van der Waals surface area (Å²) in [5.74, 6) is 0.741. The fraction of sp³-hybridized carbons (Fsp3) is 0.167. The number of halogens is 1. The molecule has 3 aromatic rings. The lowest BCUT2D eigenvalue weighted by Crippen LogP contribution is -2.14. The van der Waals surface area contributed by atoms with Gasteiger partial charge in [0.2, 0.25) is 0 Å². The standard InChI is InChI=1S/C24H21FO/c1-3-18-14-19(9-12-22(18)25)24-16(2)13-23(20-10-11-21(20)24)26-15-17-7-5-4-6-8-17/h3-9,12-14H,1,10-11,15H2,2H3. The van der Waals surface area contributed by atoms with Crippen LogP contribution in [0, 0.1) is 12.7 Å². The van der Waals surface area contributed by atoms with Crippen molar-refractivity contribution >= 4 is 6.08 Å². The number of ether oxygens (including phenoxy) is 1. The van der Waals surface area contributed by atoms with Crippen LogP contribution in [0.15, 0.2) is 61.2 Å². The molecule has 0 fully saturated rings. The summed E-state index contributed by atoms with van der Waals surface area (Å²) >= 11 is 0. The molecule has 0 N–H and O–H groups in total. The van der Waals surface area contributed by atoms with Crippen molar-refractivity contribution in [3.63, 3.8) is 0 Å². The minimum absolute atomic E-state index is 0.233. The molecule has 130 valence electrons. The Morgan fingerprint density at radius 1 is 1.04 bits per heavy atom. The quantitative estimate of drug-likeness (QED) is 0.541. The van der Waals surface area contributed by atoms with Crippen LogP contribution in [-0.2, 0) is 19.4 Å². The van der Waals surface area contributed by atoms with Crippen molar-refractivity contribution in [3.05, 3.63) is 94.8 Å². The van der Waals surface area contributed by atoms with Crippen molar-refractivity contribution in [3.8, 4) is 16.9 Å². The zero-order valence-electron chi connectivity index (χ0n) is 14.9. The lowest BCUT2D eigenvalue weighted by molar-refractivity contribution is 0.300. The summed E-state index contributed by atoms with van der Waals surface area (Å²) in [4.78, 5) is 0.